The normalized spacial score (nSPS) is 17.8. The van der Waals surface area contributed by atoms with E-state index in [0.29, 0.717) is 64.0 Å². The SMILES string of the molecule is C=CCO[C@@H]1C[C@@H](c2nc3cccc(Cl)c3c(=O)n2-c2ccccc2)N(c2ncnc3nc[nH]c23)C1. The summed E-state index contributed by atoms with van der Waals surface area (Å²) in [7, 11) is 0. The van der Waals surface area contributed by atoms with Gasteiger partial charge < -0.3 is 14.6 Å². The van der Waals surface area contributed by atoms with Crippen molar-refractivity contribution in [1.82, 2.24) is 29.5 Å². The average molecular weight is 500 g/mol. The smallest absolute Gasteiger partial charge is 0.267 e. The van der Waals surface area contributed by atoms with Crippen LogP contribution < -0.4 is 10.5 Å². The first kappa shape index (κ1) is 22.4. The predicted octanol–water partition coefficient (Wildman–Crippen LogP) is 4.23. The van der Waals surface area contributed by atoms with Gasteiger partial charge in [-0.3, -0.25) is 9.36 Å². The van der Waals surface area contributed by atoms with Crippen LogP contribution in [0, 0.1) is 0 Å². The first-order valence-corrected chi connectivity index (χ1v) is 11.9. The molecule has 5 aromatic rings. The van der Waals surface area contributed by atoms with Gasteiger partial charge in [-0.25, -0.2) is 19.9 Å². The second-order valence-corrected chi connectivity index (χ2v) is 8.93. The van der Waals surface area contributed by atoms with E-state index in [0.717, 1.165) is 0 Å². The number of para-hydroxylation sites is 1. The maximum atomic E-state index is 13.9. The summed E-state index contributed by atoms with van der Waals surface area (Å²) in [4.78, 5) is 37.3. The number of nitrogens with zero attached hydrogens (tertiary/aromatic N) is 6. The molecule has 6 rings (SSSR count). The van der Waals surface area contributed by atoms with E-state index in [4.69, 9.17) is 21.3 Å². The zero-order valence-electron chi connectivity index (χ0n) is 19.2. The Labute approximate surface area is 211 Å². The van der Waals surface area contributed by atoms with E-state index in [1.54, 1.807) is 29.1 Å². The molecule has 9 nitrogen and oxygen atoms in total. The molecule has 0 aliphatic carbocycles. The second-order valence-electron chi connectivity index (χ2n) is 8.53. The van der Waals surface area contributed by atoms with Crippen molar-refractivity contribution in [2.45, 2.75) is 18.6 Å². The minimum absolute atomic E-state index is 0.128. The van der Waals surface area contributed by atoms with Crippen LogP contribution in [0.2, 0.25) is 5.02 Å². The number of aromatic amines is 1. The molecular weight excluding hydrogens is 478 g/mol. The molecule has 0 amide bonds. The molecule has 0 spiro atoms. The van der Waals surface area contributed by atoms with Crippen molar-refractivity contribution in [3.63, 3.8) is 0 Å². The molecular formula is C26H22ClN7O2. The third-order valence-corrected chi connectivity index (χ3v) is 6.69. The van der Waals surface area contributed by atoms with E-state index in [1.165, 1.54) is 6.33 Å². The Hall–Kier alpha value is -4.08. The summed E-state index contributed by atoms with van der Waals surface area (Å²) >= 11 is 6.47. The average Bonchev–Trinajstić information content (AvgIpc) is 3.55. The van der Waals surface area contributed by atoms with Crippen LogP contribution in [0.1, 0.15) is 18.3 Å². The van der Waals surface area contributed by atoms with E-state index in [-0.39, 0.29) is 17.7 Å². The van der Waals surface area contributed by atoms with Gasteiger partial charge in [-0.05, 0) is 24.3 Å². The van der Waals surface area contributed by atoms with Crippen molar-refractivity contribution < 1.29 is 4.74 Å². The number of halogens is 1. The highest BCUT2D eigenvalue weighted by Gasteiger charge is 2.39. The van der Waals surface area contributed by atoms with Gasteiger partial charge in [0.05, 0.1) is 46.7 Å². The lowest BCUT2D eigenvalue weighted by molar-refractivity contribution is 0.0882. The number of fused-ring (bicyclic) bond motifs is 2. The van der Waals surface area contributed by atoms with Crippen LogP contribution in [0.3, 0.4) is 0 Å². The van der Waals surface area contributed by atoms with Crippen LogP contribution in [0.15, 0.2) is 78.6 Å². The number of H-pyrrole nitrogens is 1. The molecule has 4 heterocycles. The highest BCUT2D eigenvalue weighted by Crippen LogP contribution is 2.38. The van der Waals surface area contributed by atoms with E-state index in [2.05, 4.69) is 31.4 Å². The first-order valence-electron chi connectivity index (χ1n) is 11.6. The second kappa shape index (κ2) is 9.18. The van der Waals surface area contributed by atoms with Crippen molar-refractivity contribution >= 4 is 39.5 Å². The fraction of sp³-hybridized carbons (Fsp3) is 0.192. The third kappa shape index (κ3) is 3.73. The number of benzene rings is 2. The molecule has 1 N–H and O–H groups in total. The molecule has 180 valence electrons. The number of nitrogens with one attached hydrogen (secondary N) is 1. The van der Waals surface area contributed by atoms with Gasteiger partial charge in [-0.15, -0.1) is 6.58 Å². The number of imidazole rings is 1. The maximum absolute atomic E-state index is 13.9. The van der Waals surface area contributed by atoms with Gasteiger partial charge in [0.1, 0.15) is 17.7 Å². The summed E-state index contributed by atoms with van der Waals surface area (Å²) in [5.74, 6) is 1.25. The lowest BCUT2D eigenvalue weighted by Crippen LogP contribution is -2.32. The molecule has 2 aromatic carbocycles. The van der Waals surface area contributed by atoms with Crippen LogP contribution in [0.4, 0.5) is 5.82 Å². The molecule has 10 heteroatoms. The van der Waals surface area contributed by atoms with Gasteiger partial charge in [0, 0.05) is 13.0 Å². The summed E-state index contributed by atoms with van der Waals surface area (Å²) in [6, 6.07) is 14.5. The highest BCUT2D eigenvalue weighted by molar-refractivity contribution is 6.35. The third-order valence-electron chi connectivity index (χ3n) is 6.37. The largest absolute Gasteiger partial charge is 0.372 e. The minimum Gasteiger partial charge on any atom is -0.372 e. The standard InChI is InChI=1S/C26H22ClN7O2/c1-2-11-36-17-12-20(33(13-17)25-22-23(29-14-28-22)30-15-31-25)24-32-19-10-6-9-18(27)21(19)26(35)34(24)16-7-4-3-5-8-16/h2-10,14-15,17,20H,1,11-13H2,(H,28,29,30,31)/t17-,20+/m1/s1. The zero-order chi connectivity index (χ0) is 24.6. The molecule has 0 unspecified atom stereocenters. The minimum atomic E-state index is -0.322. The molecule has 1 aliphatic heterocycles. The molecule has 2 atom stereocenters. The van der Waals surface area contributed by atoms with Crippen LogP contribution in [-0.2, 0) is 4.74 Å². The number of aromatic nitrogens is 6. The van der Waals surface area contributed by atoms with Gasteiger partial charge in [0.2, 0.25) is 0 Å². The van der Waals surface area contributed by atoms with Crippen molar-refractivity contribution in [3.8, 4) is 5.69 Å². The van der Waals surface area contributed by atoms with Gasteiger partial charge >= 0.3 is 0 Å². The summed E-state index contributed by atoms with van der Waals surface area (Å²) in [6.45, 7) is 4.74. The number of anilines is 1. The summed E-state index contributed by atoms with van der Waals surface area (Å²) in [5, 5.41) is 0.750. The van der Waals surface area contributed by atoms with E-state index >= 15 is 0 Å². The van der Waals surface area contributed by atoms with Crippen molar-refractivity contribution in [2.24, 2.45) is 0 Å². The van der Waals surface area contributed by atoms with Crippen LogP contribution in [0.25, 0.3) is 27.8 Å². The zero-order valence-corrected chi connectivity index (χ0v) is 20.0. The van der Waals surface area contributed by atoms with Crippen molar-refractivity contribution in [3.05, 3.63) is 95.0 Å². The summed E-state index contributed by atoms with van der Waals surface area (Å²) < 4.78 is 7.71. The van der Waals surface area contributed by atoms with E-state index in [1.807, 2.05) is 36.4 Å². The van der Waals surface area contributed by atoms with Crippen molar-refractivity contribution in [1.29, 1.82) is 0 Å². The Morgan fingerprint density at radius 3 is 2.83 bits per heavy atom. The van der Waals surface area contributed by atoms with Crippen molar-refractivity contribution in [2.75, 3.05) is 18.1 Å². The van der Waals surface area contributed by atoms with Gasteiger partial charge in [0.25, 0.3) is 5.56 Å². The van der Waals surface area contributed by atoms with E-state index in [9.17, 15) is 4.79 Å². The Kier molecular flexibility index (Phi) is 5.71. The molecule has 0 radical (unpaired) electrons. The molecule has 1 saturated heterocycles. The molecule has 1 fully saturated rings. The lowest BCUT2D eigenvalue weighted by atomic mass is 10.1. The summed E-state index contributed by atoms with van der Waals surface area (Å²) in [6.07, 6.45) is 5.28. The predicted molar refractivity (Wildman–Crippen MR) is 139 cm³/mol. The lowest BCUT2D eigenvalue weighted by Gasteiger charge is -2.27. The molecule has 0 bridgehead atoms. The molecule has 0 saturated carbocycles. The fourth-order valence-corrected chi connectivity index (χ4v) is 5.08. The van der Waals surface area contributed by atoms with E-state index < -0.39 is 0 Å². The first-order chi connectivity index (χ1) is 17.7. The van der Waals surface area contributed by atoms with Gasteiger partial charge in [-0.1, -0.05) is 41.9 Å². The quantitative estimate of drug-likeness (QED) is 0.349. The number of ether oxygens (including phenoxy) is 1. The molecule has 36 heavy (non-hydrogen) atoms. The number of hydrogen-bond donors (Lipinski definition) is 1. The Balaban J connectivity index is 1.59. The maximum Gasteiger partial charge on any atom is 0.267 e. The molecule has 1 aliphatic rings. The fourth-order valence-electron chi connectivity index (χ4n) is 4.83. The summed E-state index contributed by atoms with van der Waals surface area (Å²) in [5.41, 5.74) is 2.30. The Morgan fingerprint density at radius 1 is 1.14 bits per heavy atom. The van der Waals surface area contributed by atoms with Crippen LogP contribution in [-0.4, -0.2) is 48.7 Å². The van der Waals surface area contributed by atoms with Crippen LogP contribution >= 0.6 is 11.6 Å². The Morgan fingerprint density at radius 2 is 2.00 bits per heavy atom. The monoisotopic (exact) mass is 499 g/mol. The Bertz CT molecular complexity index is 1630. The van der Waals surface area contributed by atoms with Crippen LogP contribution in [0.5, 0.6) is 0 Å². The number of rotatable bonds is 6. The highest BCUT2D eigenvalue weighted by atomic mass is 35.5. The van der Waals surface area contributed by atoms with Gasteiger partial charge in [-0.2, -0.15) is 0 Å². The van der Waals surface area contributed by atoms with Gasteiger partial charge in [0.15, 0.2) is 11.5 Å². The number of hydrogen-bond acceptors (Lipinski definition) is 7. The molecule has 3 aromatic heterocycles. The topological polar surface area (TPSA) is 102 Å².